The van der Waals surface area contributed by atoms with Gasteiger partial charge in [0.25, 0.3) is 0 Å². The van der Waals surface area contributed by atoms with Crippen LogP contribution in [0.3, 0.4) is 0 Å². The van der Waals surface area contributed by atoms with Crippen molar-refractivity contribution < 1.29 is 13.9 Å². The monoisotopic (exact) mass is 357 g/mol. The van der Waals surface area contributed by atoms with Crippen LogP contribution in [0.2, 0.25) is 0 Å². The first-order valence-electron chi connectivity index (χ1n) is 9.19. The summed E-state index contributed by atoms with van der Waals surface area (Å²) in [5.74, 6) is 3.43. The van der Waals surface area contributed by atoms with Crippen molar-refractivity contribution >= 4 is 5.96 Å². The van der Waals surface area contributed by atoms with E-state index in [1.165, 1.54) is 5.56 Å². The van der Waals surface area contributed by atoms with E-state index < -0.39 is 0 Å². The highest BCUT2D eigenvalue weighted by atomic mass is 16.5. The zero-order valence-corrected chi connectivity index (χ0v) is 15.7. The SMILES string of the molecule is CCNC(=NCc1cc2c(cc1OCC)CC(C)O2)NCc1ccco1. The molecule has 0 amide bonds. The summed E-state index contributed by atoms with van der Waals surface area (Å²) in [6.45, 7) is 8.63. The Balaban J connectivity index is 1.74. The number of guanidine groups is 1. The molecule has 6 heteroatoms. The molecule has 1 aliphatic rings. The number of nitrogens with one attached hydrogen (secondary N) is 2. The fourth-order valence-corrected chi connectivity index (χ4v) is 2.98. The predicted octanol–water partition coefficient (Wildman–Crippen LogP) is 3.26. The van der Waals surface area contributed by atoms with Crippen LogP contribution in [0.25, 0.3) is 0 Å². The summed E-state index contributed by atoms with van der Waals surface area (Å²) in [6.07, 6.45) is 2.80. The summed E-state index contributed by atoms with van der Waals surface area (Å²) in [5, 5.41) is 6.53. The Labute approximate surface area is 154 Å². The third-order valence-corrected chi connectivity index (χ3v) is 4.14. The van der Waals surface area contributed by atoms with E-state index in [4.69, 9.17) is 13.9 Å². The molecule has 1 aromatic heterocycles. The lowest BCUT2D eigenvalue weighted by Crippen LogP contribution is -2.36. The van der Waals surface area contributed by atoms with Gasteiger partial charge in [0.05, 0.1) is 26.0 Å². The maximum atomic E-state index is 5.88. The Hall–Kier alpha value is -2.63. The molecule has 0 fully saturated rings. The van der Waals surface area contributed by atoms with Crippen LogP contribution in [0.4, 0.5) is 0 Å². The molecule has 2 heterocycles. The Morgan fingerprint density at radius 1 is 1.31 bits per heavy atom. The van der Waals surface area contributed by atoms with E-state index in [0.29, 0.717) is 19.7 Å². The smallest absolute Gasteiger partial charge is 0.191 e. The lowest BCUT2D eigenvalue weighted by atomic mass is 10.1. The molecule has 1 atom stereocenters. The molecule has 6 nitrogen and oxygen atoms in total. The number of fused-ring (bicyclic) bond motifs is 1. The van der Waals surface area contributed by atoms with E-state index in [9.17, 15) is 0 Å². The lowest BCUT2D eigenvalue weighted by molar-refractivity contribution is 0.254. The summed E-state index contributed by atoms with van der Waals surface area (Å²) < 4.78 is 17.1. The molecule has 0 radical (unpaired) electrons. The first-order valence-corrected chi connectivity index (χ1v) is 9.19. The van der Waals surface area contributed by atoms with Crippen molar-refractivity contribution in [2.24, 2.45) is 4.99 Å². The van der Waals surface area contributed by atoms with E-state index in [1.807, 2.05) is 26.0 Å². The van der Waals surface area contributed by atoms with Crippen molar-refractivity contribution in [3.63, 3.8) is 0 Å². The Kier molecular flexibility index (Phi) is 6.04. The predicted molar refractivity (Wildman–Crippen MR) is 102 cm³/mol. The van der Waals surface area contributed by atoms with Crippen molar-refractivity contribution in [3.05, 3.63) is 47.4 Å². The average Bonchev–Trinajstić information content (AvgIpc) is 3.25. The summed E-state index contributed by atoms with van der Waals surface area (Å²) in [6, 6.07) is 7.96. The van der Waals surface area contributed by atoms with Gasteiger partial charge in [-0.3, -0.25) is 0 Å². The number of rotatable bonds is 7. The second kappa shape index (κ2) is 8.65. The topological polar surface area (TPSA) is 68.0 Å². The third-order valence-electron chi connectivity index (χ3n) is 4.14. The van der Waals surface area contributed by atoms with E-state index in [1.54, 1.807) is 6.26 Å². The molecule has 0 saturated heterocycles. The van der Waals surface area contributed by atoms with E-state index >= 15 is 0 Å². The second-order valence-electron chi connectivity index (χ2n) is 6.26. The van der Waals surface area contributed by atoms with Crippen LogP contribution in [0.5, 0.6) is 11.5 Å². The van der Waals surface area contributed by atoms with Crippen molar-refractivity contribution in [1.29, 1.82) is 0 Å². The molecule has 2 N–H and O–H groups in total. The fraction of sp³-hybridized carbons (Fsp3) is 0.450. The maximum absolute atomic E-state index is 5.88. The minimum atomic E-state index is 0.213. The van der Waals surface area contributed by atoms with Gasteiger partial charge in [-0.1, -0.05) is 0 Å². The van der Waals surface area contributed by atoms with E-state index in [2.05, 4.69) is 34.7 Å². The standard InChI is InChI=1S/C20H27N3O3/c1-4-21-20(23-13-17-7-6-8-25-17)22-12-16-11-19-15(9-14(3)26-19)10-18(16)24-5-2/h6-8,10-11,14H,4-5,9,12-13H2,1-3H3,(H2,21,22,23). The number of aliphatic imine (C=N–C) groups is 1. The molecule has 3 rings (SSSR count). The normalized spacial score (nSPS) is 16.1. The molecule has 1 unspecified atom stereocenters. The van der Waals surface area contributed by atoms with Gasteiger partial charge in [-0.05, 0) is 45.0 Å². The van der Waals surface area contributed by atoms with Crippen LogP contribution in [0.1, 0.15) is 37.7 Å². The quantitative estimate of drug-likeness (QED) is 0.588. The molecule has 1 aliphatic heterocycles. The number of nitrogens with zero attached hydrogens (tertiary/aromatic N) is 1. The van der Waals surface area contributed by atoms with Crippen LogP contribution >= 0.6 is 0 Å². The zero-order valence-electron chi connectivity index (χ0n) is 15.7. The van der Waals surface area contributed by atoms with Crippen molar-refractivity contribution in [2.45, 2.75) is 46.4 Å². The summed E-state index contributed by atoms with van der Waals surface area (Å²) in [7, 11) is 0. The van der Waals surface area contributed by atoms with E-state index in [0.717, 1.165) is 41.7 Å². The van der Waals surface area contributed by atoms with Gasteiger partial charge in [0, 0.05) is 24.1 Å². The molecule has 1 aromatic carbocycles. The molecule has 0 bridgehead atoms. The molecule has 0 aliphatic carbocycles. The molecular formula is C20H27N3O3. The maximum Gasteiger partial charge on any atom is 0.191 e. The van der Waals surface area contributed by atoms with Gasteiger partial charge in [-0.25, -0.2) is 4.99 Å². The van der Waals surface area contributed by atoms with Crippen LogP contribution in [0.15, 0.2) is 39.9 Å². The Bertz CT molecular complexity index is 741. The highest BCUT2D eigenvalue weighted by Crippen LogP contribution is 2.35. The van der Waals surface area contributed by atoms with Crippen LogP contribution in [-0.2, 0) is 19.5 Å². The van der Waals surface area contributed by atoms with Crippen LogP contribution < -0.4 is 20.1 Å². The number of hydrogen-bond donors (Lipinski definition) is 2. The van der Waals surface area contributed by atoms with Crippen molar-refractivity contribution in [2.75, 3.05) is 13.2 Å². The second-order valence-corrected chi connectivity index (χ2v) is 6.26. The number of hydrogen-bond acceptors (Lipinski definition) is 4. The van der Waals surface area contributed by atoms with Gasteiger partial charge >= 0.3 is 0 Å². The molecule has 0 saturated carbocycles. The van der Waals surface area contributed by atoms with Gasteiger partial charge < -0.3 is 24.5 Å². The fourth-order valence-electron chi connectivity index (χ4n) is 2.98. The third kappa shape index (κ3) is 4.50. The Morgan fingerprint density at radius 2 is 2.19 bits per heavy atom. The van der Waals surface area contributed by atoms with Crippen LogP contribution in [-0.4, -0.2) is 25.2 Å². The first kappa shape index (κ1) is 18.2. The van der Waals surface area contributed by atoms with Crippen molar-refractivity contribution in [3.8, 4) is 11.5 Å². The average molecular weight is 357 g/mol. The Morgan fingerprint density at radius 3 is 2.92 bits per heavy atom. The summed E-state index contributed by atoms with van der Waals surface area (Å²) in [5.41, 5.74) is 2.23. The van der Waals surface area contributed by atoms with Gasteiger partial charge in [0.1, 0.15) is 23.4 Å². The van der Waals surface area contributed by atoms with Gasteiger partial charge in [-0.15, -0.1) is 0 Å². The van der Waals surface area contributed by atoms with Crippen LogP contribution in [0, 0.1) is 0 Å². The van der Waals surface area contributed by atoms with E-state index in [-0.39, 0.29) is 6.10 Å². The number of furan rings is 1. The summed E-state index contributed by atoms with van der Waals surface area (Å²) >= 11 is 0. The highest BCUT2D eigenvalue weighted by Gasteiger charge is 2.21. The van der Waals surface area contributed by atoms with Gasteiger partial charge in [0.2, 0.25) is 0 Å². The molecular weight excluding hydrogens is 330 g/mol. The highest BCUT2D eigenvalue weighted by molar-refractivity contribution is 5.79. The molecule has 2 aromatic rings. The number of ether oxygens (including phenoxy) is 2. The summed E-state index contributed by atoms with van der Waals surface area (Å²) in [4.78, 5) is 4.69. The minimum Gasteiger partial charge on any atom is -0.494 e. The largest absolute Gasteiger partial charge is 0.494 e. The number of benzene rings is 1. The minimum absolute atomic E-state index is 0.213. The molecule has 26 heavy (non-hydrogen) atoms. The van der Waals surface area contributed by atoms with Gasteiger partial charge in [0.15, 0.2) is 5.96 Å². The zero-order chi connectivity index (χ0) is 18.4. The first-order chi connectivity index (χ1) is 12.7. The molecule has 0 spiro atoms. The molecule has 140 valence electrons. The lowest BCUT2D eigenvalue weighted by Gasteiger charge is -2.13. The van der Waals surface area contributed by atoms with Gasteiger partial charge in [-0.2, -0.15) is 0 Å². The van der Waals surface area contributed by atoms with Crippen molar-refractivity contribution in [1.82, 2.24) is 10.6 Å².